The first-order chi connectivity index (χ1) is 5.66. The van der Waals surface area contributed by atoms with Crippen molar-refractivity contribution in [1.29, 1.82) is 0 Å². The number of benzene rings is 1. The van der Waals surface area contributed by atoms with E-state index < -0.39 is 17.3 Å². The molecule has 1 aromatic carbocycles. The Bertz CT molecular complexity index is 361. The lowest BCUT2D eigenvalue weighted by atomic mass is 10.3. The van der Waals surface area contributed by atoms with Crippen LogP contribution in [-0.4, -0.2) is 6.08 Å². The number of aliphatic imine (C=N–C) groups is 1. The van der Waals surface area contributed by atoms with Crippen molar-refractivity contribution in [2.24, 2.45) is 4.99 Å². The maximum Gasteiger partial charge on any atom is 0.240 e. The zero-order valence-corrected chi connectivity index (χ0v) is 6.40. The van der Waals surface area contributed by atoms with Crippen LogP contribution in [0.3, 0.4) is 0 Å². The number of nitrogens with zero attached hydrogens (tertiary/aromatic N) is 1. The minimum Gasteiger partial charge on any atom is -0.211 e. The number of isocyanates is 1. The van der Waals surface area contributed by atoms with Crippen LogP contribution >= 0.6 is 11.6 Å². The van der Waals surface area contributed by atoms with Gasteiger partial charge in [-0.1, -0.05) is 11.6 Å². The summed E-state index contributed by atoms with van der Waals surface area (Å²) in [5, 5.41) is -0.287. The van der Waals surface area contributed by atoms with Crippen LogP contribution in [0.5, 0.6) is 0 Å². The normalized spacial score (nSPS) is 9.25. The zero-order chi connectivity index (χ0) is 9.14. The van der Waals surface area contributed by atoms with Crippen LogP contribution in [0.1, 0.15) is 0 Å². The van der Waals surface area contributed by atoms with Gasteiger partial charge < -0.3 is 0 Å². The van der Waals surface area contributed by atoms with E-state index >= 15 is 0 Å². The summed E-state index contributed by atoms with van der Waals surface area (Å²) in [6, 6.07) is 1.96. The van der Waals surface area contributed by atoms with Crippen molar-refractivity contribution in [3.63, 3.8) is 0 Å². The molecule has 0 spiro atoms. The SMILES string of the molecule is O=C=Nc1c(F)ccc(Cl)c1F. The summed E-state index contributed by atoms with van der Waals surface area (Å²) in [6.45, 7) is 0. The van der Waals surface area contributed by atoms with Gasteiger partial charge in [-0.2, -0.15) is 4.99 Å². The first-order valence-electron chi connectivity index (χ1n) is 2.88. The molecule has 0 aliphatic carbocycles. The standard InChI is InChI=1S/C7H2ClF2NO/c8-4-1-2-5(9)7(6(4)10)11-3-12/h1-2H. The van der Waals surface area contributed by atoms with E-state index in [2.05, 4.69) is 4.99 Å². The summed E-state index contributed by atoms with van der Waals surface area (Å²) in [5.74, 6) is -2.00. The fourth-order valence-electron chi connectivity index (χ4n) is 0.665. The molecule has 0 aromatic heterocycles. The number of carbonyl (C=O) groups excluding carboxylic acids is 1. The van der Waals surface area contributed by atoms with Crippen molar-refractivity contribution in [2.75, 3.05) is 0 Å². The topological polar surface area (TPSA) is 29.4 Å². The van der Waals surface area contributed by atoms with Crippen LogP contribution in [-0.2, 0) is 4.79 Å². The lowest BCUT2D eigenvalue weighted by molar-refractivity contribution is 0.560. The van der Waals surface area contributed by atoms with Crippen LogP contribution in [0.4, 0.5) is 14.5 Å². The molecule has 0 N–H and O–H groups in total. The maximum absolute atomic E-state index is 12.8. The Labute approximate surface area is 71.5 Å². The van der Waals surface area contributed by atoms with Gasteiger partial charge in [0.05, 0.1) is 5.02 Å². The molecule has 0 aliphatic rings. The second-order valence-electron chi connectivity index (χ2n) is 1.89. The van der Waals surface area contributed by atoms with Gasteiger partial charge in [0.15, 0.2) is 11.6 Å². The molecule has 1 aromatic rings. The van der Waals surface area contributed by atoms with Gasteiger partial charge >= 0.3 is 0 Å². The van der Waals surface area contributed by atoms with E-state index in [0.29, 0.717) is 0 Å². The molecule has 2 nitrogen and oxygen atoms in total. The number of hydrogen-bond acceptors (Lipinski definition) is 2. The Balaban J connectivity index is 3.42. The maximum atomic E-state index is 12.8. The molecule has 0 saturated heterocycles. The highest BCUT2D eigenvalue weighted by atomic mass is 35.5. The summed E-state index contributed by atoms with van der Waals surface area (Å²) in [4.78, 5) is 12.5. The Morgan fingerprint density at radius 1 is 1.42 bits per heavy atom. The molecule has 0 radical (unpaired) electrons. The van der Waals surface area contributed by atoms with Gasteiger partial charge in [-0.25, -0.2) is 13.6 Å². The Hall–Kier alpha value is -1.25. The van der Waals surface area contributed by atoms with Crippen molar-refractivity contribution in [2.45, 2.75) is 0 Å². The minimum atomic E-state index is -1.06. The third-order valence-electron chi connectivity index (χ3n) is 1.18. The van der Waals surface area contributed by atoms with Gasteiger partial charge in [0.25, 0.3) is 0 Å². The molecule has 12 heavy (non-hydrogen) atoms. The van der Waals surface area contributed by atoms with E-state index in [1.807, 2.05) is 0 Å². The Kier molecular flexibility index (Phi) is 2.53. The van der Waals surface area contributed by atoms with Crippen molar-refractivity contribution in [3.8, 4) is 0 Å². The lowest BCUT2D eigenvalue weighted by Crippen LogP contribution is -1.83. The smallest absolute Gasteiger partial charge is 0.211 e. The van der Waals surface area contributed by atoms with Crippen molar-refractivity contribution in [3.05, 3.63) is 28.8 Å². The van der Waals surface area contributed by atoms with Crippen molar-refractivity contribution >= 4 is 23.4 Å². The van der Waals surface area contributed by atoms with E-state index in [4.69, 9.17) is 11.6 Å². The van der Waals surface area contributed by atoms with E-state index in [1.165, 1.54) is 0 Å². The fraction of sp³-hybridized carbons (Fsp3) is 0. The highest BCUT2D eigenvalue weighted by molar-refractivity contribution is 6.31. The van der Waals surface area contributed by atoms with Crippen LogP contribution in [0, 0.1) is 11.6 Å². The second kappa shape index (κ2) is 3.43. The largest absolute Gasteiger partial charge is 0.240 e. The average Bonchev–Trinajstić information content (AvgIpc) is 2.06. The molecular formula is C7H2ClF2NO. The summed E-state index contributed by atoms with van der Waals surface area (Å²) >= 11 is 5.29. The number of hydrogen-bond donors (Lipinski definition) is 0. The third kappa shape index (κ3) is 1.49. The third-order valence-corrected chi connectivity index (χ3v) is 1.47. The van der Waals surface area contributed by atoms with Gasteiger partial charge in [0.1, 0.15) is 5.69 Å². The Morgan fingerprint density at radius 3 is 2.67 bits per heavy atom. The van der Waals surface area contributed by atoms with E-state index in [-0.39, 0.29) is 5.02 Å². The van der Waals surface area contributed by atoms with Crippen LogP contribution in [0.2, 0.25) is 5.02 Å². The van der Waals surface area contributed by atoms with E-state index in [0.717, 1.165) is 18.2 Å². The first-order valence-corrected chi connectivity index (χ1v) is 3.26. The monoisotopic (exact) mass is 189 g/mol. The summed E-state index contributed by atoms with van der Waals surface area (Å²) in [7, 11) is 0. The molecule has 0 atom stereocenters. The van der Waals surface area contributed by atoms with Gasteiger partial charge in [-0.3, -0.25) is 0 Å². The number of rotatable bonds is 1. The predicted molar refractivity (Wildman–Crippen MR) is 39.1 cm³/mol. The molecule has 0 bridgehead atoms. The van der Waals surface area contributed by atoms with E-state index in [9.17, 15) is 13.6 Å². The van der Waals surface area contributed by atoms with Crippen LogP contribution < -0.4 is 0 Å². The van der Waals surface area contributed by atoms with Gasteiger partial charge in [-0.05, 0) is 12.1 Å². The molecule has 1 rings (SSSR count). The van der Waals surface area contributed by atoms with Crippen LogP contribution in [0.25, 0.3) is 0 Å². The van der Waals surface area contributed by atoms with Gasteiger partial charge in [0.2, 0.25) is 6.08 Å². The van der Waals surface area contributed by atoms with Gasteiger partial charge in [0, 0.05) is 0 Å². The van der Waals surface area contributed by atoms with Crippen LogP contribution in [0.15, 0.2) is 17.1 Å². The van der Waals surface area contributed by atoms with Gasteiger partial charge in [-0.15, -0.1) is 0 Å². The van der Waals surface area contributed by atoms with Crippen molar-refractivity contribution in [1.82, 2.24) is 0 Å². The second-order valence-corrected chi connectivity index (χ2v) is 2.30. The molecular weight excluding hydrogens is 188 g/mol. The summed E-state index contributed by atoms with van der Waals surface area (Å²) in [6.07, 6.45) is 1.03. The summed E-state index contributed by atoms with van der Waals surface area (Å²) in [5.41, 5.74) is -0.711. The average molecular weight is 190 g/mol. The highest BCUT2D eigenvalue weighted by Gasteiger charge is 2.10. The molecule has 0 unspecified atom stereocenters. The summed E-state index contributed by atoms with van der Waals surface area (Å²) < 4.78 is 25.5. The molecule has 0 saturated carbocycles. The molecule has 0 aliphatic heterocycles. The molecule has 0 fully saturated rings. The molecule has 0 heterocycles. The fourth-order valence-corrected chi connectivity index (χ4v) is 0.817. The Morgan fingerprint density at radius 2 is 2.08 bits per heavy atom. The molecule has 0 amide bonds. The van der Waals surface area contributed by atoms with E-state index in [1.54, 1.807) is 0 Å². The minimum absolute atomic E-state index is 0.287. The quantitative estimate of drug-likeness (QED) is 0.379. The van der Waals surface area contributed by atoms with Crippen molar-refractivity contribution < 1.29 is 13.6 Å². The predicted octanol–water partition coefficient (Wildman–Crippen LogP) is 2.59. The molecule has 5 heteroatoms. The number of halogens is 3. The lowest BCUT2D eigenvalue weighted by Gasteiger charge is -1.97. The molecule has 62 valence electrons. The zero-order valence-electron chi connectivity index (χ0n) is 5.64. The highest BCUT2D eigenvalue weighted by Crippen LogP contribution is 2.27. The first kappa shape index (κ1) is 8.84.